The molecular weight excluding hydrogens is 509 g/mol. The predicted molar refractivity (Wildman–Crippen MR) is 148 cm³/mol. The number of phenols is 1. The molecule has 2 aromatic heterocycles. The van der Waals surface area contributed by atoms with Gasteiger partial charge in [0.2, 0.25) is 0 Å². The molecule has 2 N–H and O–H groups in total. The van der Waals surface area contributed by atoms with Crippen LogP contribution in [0.2, 0.25) is 5.02 Å². The van der Waals surface area contributed by atoms with Crippen LogP contribution in [0, 0.1) is 5.82 Å². The average Bonchev–Trinajstić information content (AvgIpc) is 3.07. The van der Waals surface area contributed by atoms with Gasteiger partial charge in [-0.05, 0) is 49.2 Å². The summed E-state index contributed by atoms with van der Waals surface area (Å²) in [6, 6.07) is 9.48. The number of halogens is 2. The van der Waals surface area contributed by atoms with E-state index in [0.29, 0.717) is 41.6 Å². The van der Waals surface area contributed by atoms with Crippen LogP contribution in [0.15, 0.2) is 64.6 Å². The third-order valence-corrected chi connectivity index (χ3v) is 7.37. The first-order valence-electron chi connectivity index (χ1n) is 12.4. The number of benzene rings is 2. The minimum absolute atomic E-state index is 0.136. The number of aromatic hydroxyl groups is 1. The van der Waals surface area contributed by atoms with Crippen LogP contribution in [-0.2, 0) is 14.1 Å². The summed E-state index contributed by atoms with van der Waals surface area (Å²) in [5.74, 6) is -0.682. The highest BCUT2D eigenvalue weighted by atomic mass is 35.5. The summed E-state index contributed by atoms with van der Waals surface area (Å²) < 4.78 is 19.2. The Kier molecular flexibility index (Phi) is 6.90. The summed E-state index contributed by atoms with van der Waals surface area (Å²) in [5, 5.41) is 15.0. The Morgan fingerprint density at radius 2 is 1.71 bits per heavy atom. The van der Waals surface area contributed by atoms with Crippen molar-refractivity contribution in [1.82, 2.24) is 19.0 Å². The minimum atomic E-state index is -0.546. The van der Waals surface area contributed by atoms with E-state index < -0.39 is 5.82 Å². The minimum Gasteiger partial charge on any atom is -0.507 e. The van der Waals surface area contributed by atoms with Gasteiger partial charge >= 0.3 is 5.69 Å². The van der Waals surface area contributed by atoms with Gasteiger partial charge in [0, 0.05) is 75.1 Å². The summed E-state index contributed by atoms with van der Waals surface area (Å²) >= 11 is 6.52. The van der Waals surface area contributed by atoms with Crippen LogP contribution in [-0.4, -0.2) is 44.5 Å². The molecule has 1 aliphatic heterocycles. The highest BCUT2D eigenvalue weighted by molar-refractivity contribution is 6.32. The number of hydrogen-bond acceptors (Lipinski definition) is 5. The molecule has 0 spiro atoms. The van der Waals surface area contributed by atoms with Crippen molar-refractivity contribution >= 4 is 17.3 Å². The summed E-state index contributed by atoms with van der Waals surface area (Å²) in [6.45, 7) is 4.23. The van der Waals surface area contributed by atoms with Crippen LogP contribution in [0.3, 0.4) is 0 Å². The number of imidazole rings is 1. The number of phenolic OH excluding ortho intramolecular Hbond substituents is 1. The lowest BCUT2D eigenvalue weighted by molar-refractivity contribution is 0.477. The fourth-order valence-electron chi connectivity index (χ4n) is 4.87. The highest BCUT2D eigenvalue weighted by Crippen LogP contribution is 2.40. The van der Waals surface area contributed by atoms with E-state index >= 15 is 0 Å². The molecule has 0 aliphatic carbocycles. The number of aryl methyl sites for hydroxylation is 2. The van der Waals surface area contributed by atoms with E-state index in [1.807, 2.05) is 4.90 Å². The number of rotatable bonds is 4. The molecule has 0 radical (unpaired) electrons. The van der Waals surface area contributed by atoms with Crippen molar-refractivity contribution in [1.29, 1.82) is 0 Å². The monoisotopic (exact) mass is 537 g/mol. The van der Waals surface area contributed by atoms with Gasteiger partial charge in [0.05, 0.1) is 10.7 Å². The second-order valence-corrected chi connectivity index (χ2v) is 10.1. The number of nitrogens with one attached hydrogen (secondary N) is 1. The molecule has 1 atom stereocenters. The Labute approximate surface area is 224 Å². The van der Waals surface area contributed by atoms with Crippen molar-refractivity contribution < 1.29 is 9.50 Å². The van der Waals surface area contributed by atoms with Gasteiger partial charge in [0.1, 0.15) is 17.3 Å². The Morgan fingerprint density at radius 1 is 0.974 bits per heavy atom. The molecule has 5 rings (SSSR count). The van der Waals surface area contributed by atoms with E-state index in [-0.39, 0.29) is 33.1 Å². The number of hydrogen-bond donors (Lipinski definition) is 2. The van der Waals surface area contributed by atoms with Gasteiger partial charge in [-0.1, -0.05) is 17.7 Å². The normalized spacial score (nSPS) is 16.0. The Morgan fingerprint density at radius 3 is 2.39 bits per heavy atom. The largest absolute Gasteiger partial charge is 0.507 e. The summed E-state index contributed by atoms with van der Waals surface area (Å²) in [6.07, 6.45) is 5.72. The van der Waals surface area contributed by atoms with E-state index in [1.54, 1.807) is 57.0 Å². The van der Waals surface area contributed by atoms with Crippen LogP contribution in [0.5, 0.6) is 5.75 Å². The lowest BCUT2D eigenvalue weighted by Crippen LogP contribution is -2.34. The zero-order chi connectivity index (χ0) is 27.1. The van der Waals surface area contributed by atoms with Gasteiger partial charge in [-0.2, -0.15) is 0 Å². The molecule has 10 heteroatoms. The lowest BCUT2D eigenvalue weighted by Gasteiger charge is -2.23. The maximum absolute atomic E-state index is 14.9. The summed E-state index contributed by atoms with van der Waals surface area (Å²) in [5.41, 5.74) is 2.08. The molecule has 4 aromatic rings. The molecule has 3 heterocycles. The van der Waals surface area contributed by atoms with Gasteiger partial charge in [-0.15, -0.1) is 0 Å². The number of pyridine rings is 1. The second kappa shape index (κ2) is 10.2. The second-order valence-electron chi connectivity index (χ2n) is 9.74. The molecule has 1 fully saturated rings. The SMILES string of the molecule is C[C@@H]1CCN(c2cc(-c3cc(F)cc(-c4ccc(-n5ccn(C)c5=O)c(Cl)c4)c3O)cn(C)c2=O)CCN1. The highest BCUT2D eigenvalue weighted by Gasteiger charge is 2.21. The van der Waals surface area contributed by atoms with Gasteiger partial charge < -0.3 is 24.5 Å². The third-order valence-electron chi connectivity index (χ3n) is 7.06. The Balaban J connectivity index is 1.58. The van der Waals surface area contributed by atoms with E-state index in [0.717, 1.165) is 13.0 Å². The average molecular weight is 538 g/mol. The molecule has 38 heavy (non-hydrogen) atoms. The molecule has 2 aromatic carbocycles. The maximum atomic E-state index is 14.9. The lowest BCUT2D eigenvalue weighted by atomic mass is 9.97. The summed E-state index contributed by atoms with van der Waals surface area (Å²) in [4.78, 5) is 27.4. The molecular formula is C28H29ClFN5O3. The van der Waals surface area contributed by atoms with Crippen molar-refractivity contribution in [2.45, 2.75) is 19.4 Å². The number of anilines is 1. The van der Waals surface area contributed by atoms with Crippen LogP contribution in [0.4, 0.5) is 10.1 Å². The van der Waals surface area contributed by atoms with Crippen LogP contribution in [0.25, 0.3) is 27.9 Å². The number of nitrogens with zero attached hydrogens (tertiary/aromatic N) is 4. The fourth-order valence-corrected chi connectivity index (χ4v) is 5.15. The Bertz CT molecular complexity index is 1640. The van der Waals surface area contributed by atoms with Crippen LogP contribution in [0.1, 0.15) is 13.3 Å². The van der Waals surface area contributed by atoms with Gasteiger partial charge in [0.15, 0.2) is 0 Å². The van der Waals surface area contributed by atoms with Crippen molar-refractivity contribution in [2.24, 2.45) is 14.1 Å². The molecule has 8 nitrogen and oxygen atoms in total. The van der Waals surface area contributed by atoms with Gasteiger partial charge in [0.25, 0.3) is 5.56 Å². The smallest absolute Gasteiger partial charge is 0.332 e. The molecule has 1 saturated heterocycles. The Hall–Kier alpha value is -3.82. The molecule has 0 saturated carbocycles. The van der Waals surface area contributed by atoms with Crippen molar-refractivity contribution in [3.05, 3.63) is 86.7 Å². The topological polar surface area (TPSA) is 84.4 Å². The standard InChI is InChI=1S/C28H29ClFN5O3/c1-17-6-8-34(9-7-31-17)25-13-19(16-33(3)27(25)37)22-15-20(30)14-21(26(22)36)18-4-5-24(23(29)12-18)35-11-10-32(2)28(35)38/h4-5,10-17,31,36H,6-9H2,1-3H3/t17-/m1/s1. The van der Waals surface area contributed by atoms with E-state index in [4.69, 9.17) is 11.6 Å². The van der Waals surface area contributed by atoms with Crippen molar-refractivity contribution in [3.8, 4) is 33.7 Å². The molecule has 0 unspecified atom stereocenters. The molecule has 0 amide bonds. The molecule has 0 bridgehead atoms. The van der Waals surface area contributed by atoms with Gasteiger partial charge in [-0.3, -0.25) is 9.36 Å². The number of aromatic nitrogens is 3. The first kappa shape index (κ1) is 25.8. The zero-order valence-electron chi connectivity index (χ0n) is 21.4. The van der Waals surface area contributed by atoms with Crippen LogP contribution >= 0.6 is 11.6 Å². The fraction of sp³-hybridized carbons (Fsp3) is 0.286. The van der Waals surface area contributed by atoms with E-state index in [9.17, 15) is 19.1 Å². The molecule has 198 valence electrons. The third kappa shape index (κ3) is 4.75. The quantitative estimate of drug-likeness (QED) is 0.412. The van der Waals surface area contributed by atoms with Gasteiger partial charge in [-0.25, -0.2) is 9.18 Å². The molecule has 1 aliphatic rings. The van der Waals surface area contributed by atoms with E-state index in [1.165, 1.54) is 25.8 Å². The van der Waals surface area contributed by atoms with E-state index in [2.05, 4.69) is 12.2 Å². The predicted octanol–water partition coefficient (Wildman–Crippen LogP) is 3.90. The first-order valence-corrected chi connectivity index (χ1v) is 12.8. The zero-order valence-corrected chi connectivity index (χ0v) is 22.2. The maximum Gasteiger partial charge on any atom is 0.332 e. The van der Waals surface area contributed by atoms with Crippen molar-refractivity contribution in [2.75, 3.05) is 24.5 Å². The summed E-state index contributed by atoms with van der Waals surface area (Å²) in [7, 11) is 3.29. The first-order chi connectivity index (χ1) is 18.1. The van der Waals surface area contributed by atoms with Crippen molar-refractivity contribution in [3.63, 3.8) is 0 Å². The van der Waals surface area contributed by atoms with Crippen LogP contribution < -0.4 is 21.5 Å².